The molecule has 3 N–H and O–H groups in total. The number of amides is 1. The van der Waals surface area contributed by atoms with Crippen molar-refractivity contribution in [2.24, 2.45) is 0 Å². The van der Waals surface area contributed by atoms with E-state index in [0.29, 0.717) is 13.2 Å². The summed E-state index contributed by atoms with van der Waals surface area (Å²) in [5.74, 6) is -0.00768. The minimum atomic E-state index is -0.00768. The molecule has 0 fully saturated rings. The summed E-state index contributed by atoms with van der Waals surface area (Å²) in [7, 11) is 1.61. The lowest BCUT2D eigenvalue weighted by atomic mass is 10.2. The Bertz CT molecular complexity index is 177. The maximum atomic E-state index is 11.3. The fourth-order valence-electron chi connectivity index (χ4n) is 1.36. The fraction of sp³-hybridized carbons (Fsp3) is 0.909. The largest absolute Gasteiger partial charge is 0.396 e. The van der Waals surface area contributed by atoms with E-state index in [1.165, 1.54) is 0 Å². The molecule has 1 atom stereocenters. The standard InChI is InChI=1S/C11H24N2O3/c1-10(9-16-2)13-11(15)8-12-6-4-3-5-7-14/h10,12,14H,3-9H2,1-2H3,(H,13,15). The Kier molecular flexibility index (Phi) is 10.4. The molecular weight excluding hydrogens is 208 g/mol. The molecule has 0 spiro atoms. The Morgan fingerprint density at radius 3 is 2.75 bits per heavy atom. The van der Waals surface area contributed by atoms with Gasteiger partial charge < -0.3 is 20.5 Å². The number of aliphatic hydroxyl groups is 1. The predicted octanol–water partition coefficient (Wildman–Crippen LogP) is -0.110. The van der Waals surface area contributed by atoms with Gasteiger partial charge in [0, 0.05) is 19.8 Å². The van der Waals surface area contributed by atoms with Crippen molar-refractivity contribution in [1.29, 1.82) is 0 Å². The number of unbranched alkanes of at least 4 members (excludes halogenated alkanes) is 2. The molecule has 0 aliphatic carbocycles. The van der Waals surface area contributed by atoms with Crippen molar-refractivity contribution < 1.29 is 14.6 Å². The summed E-state index contributed by atoms with van der Waals surface area (Å²) in [4.78, 5) is 11.3. The molecule has 1 unspecified atom stereocenters. The SMILES string of the molecule is COCC(C)NC(=O)CNCCCCCO. The summed E-state index contributed by atoms with van der Waals surface area (Å²) in [5, 5.41) is 14.4. The number of carbonyl (C=O) groups is 1. The zero-order valence-corrected chi connectivity index (χ0v) is 10.3. The van der Waals surface area contributed by atoms with Crippen LogP contribution in [0.1, 0.15) is 26.2 Å². The lowest BCUT2D eigenvalue weighted by molar-refractivity contribution is -0.121. The van der Waals surface area contributed by atoms with Gasteiger partial charge in [0.2, 0.25) is 5.91 Å². The number of nitrogens with one attached hydrogen (secondary N) is 2. The van der Waals surface area contributed by atoms with Gasteiger partial charge in [0.05, 0.1) is 13.2 Å². The number of ether oxygens (including phenoxy) is 1. The number of hydrogen-bond acceptors (Lipinski definition) is 4. The molecule has 0 saturated heterocycles. The Hall–Kier alpha value is -0.650. The predicted molar refractivity (Wildman–Crippen MR) is 63.3 cm³/mol. The number of hydrogen-bond donors (Lipinski definition) is 3. The second kappa shape index (κ2) is 10.9. The first-order chi connectivity index (χ1) is 7.70. The summed E-state index contributed by atoms with van der Waals surface area (Å²) in [5.41, 5.74) is 0. The maximum Gasteiger partial charge on any atom is 0.234 e. The van der Waals surface area contributed by atoms with Gasteiger partial charge in [-0.15, -0.1) is 0 Å². The monoisotopic (exact) mass is 232 g/mol. The first-order valence-electron chi connectivity index (χ1n) is 5.80. The third-order valence-electron chi connectivity index (χ3n) is 2.12. The van der Waals surface area contributed by atoms with Crippen LogP contribution in [0.25, 0.3) is 0 Å². The Labute approximate surface area is 97.6 Å². The molecule has 0 aromatic heterocycles. The average Bonchev–Trinajstić information content (AvgIpc) is 2.23. The van der Waals surface area contributed by atoms with Crippen molar-refractivity contribution in [2.45, 2.75) is 32.2 Å². The number of aliphatic hydroxyl groups excluding tert-OH is 1. The molecule has 0 bridgehead atoms. The minimum Gasteiger partial charge on any atom is -0.396 e. The second-order valence-corrected chi connectivity index (χ2v) is 3.88. The van der Waals surface area contributed by atoms with E-state index in [-0.39, 0.29) is 18.6 Å². The lowest BCUT2D eigenvalue weighted by Crippen LogP contribution is -2.41. The maximum absolute atomic E-state index is 11.3. The Balaban J connectivity index is 3.30. The number of rotatable bonds is 10. The highest BCUT2D eigenvalue weighted by atomic mass is 16.5. The number of carbonyl (C=O) groups excluding carboxylic acids is 1. The molecule has 0 radical (unpaired) electrons. The van der Waals surface area contributed by atoms with E-state index in [2.05, 4.69) is 10.6 Å². The highest BCUT2D eigenvalue weighted by Gasteiger charge is 2.05. The van der Waals surface area contributed by atoms with Crippen LogP contribution in [-0.4, -0.2) is 50.5 Å². The second-order valence-electron chi connectivity index (χ2n) is 3.88. The zero-order chi connectivity index (χ0) is 12.2. The van der Waals surface area contributed by atoms with Crippen molar-refractivity contribution in [2.75, 3.05) is 33.4 Å². The molecule has 0 rings (SSSR count). The molecule has 5 heteroatoms. The molecule has 96 valence electrons. The van der Waals surface area contributed by atoms with Crippen molar-refractivity contribution in [3.63, 3.8) is 0 Å². The van der Waals surface area contributed by atoms with E-state index in [1.54, 1.807) is 7.11 Å². The summed E-state index contributed by atoms with van der Waals surface area (Å²) in [6, 6.07) is 0.0497. The van der Waals surface area contributed by atoms with Crippen LogP contribution in [0, 0.1) is 0 Å². The van der Waals surface area contributed by atoms with Crippen LogP contribution in [0.3, 0.4) is 0 Å². The topological polar surface area (TPSA) is 70.6 Å². The van der Waals surface area contributed by atoms with Crippen LogP contribution >= 0.6 is 0 Å². The molecule has 0 aromatic rings. The summed E-state index contributed by atoms with van der Waals surface area (Å²) >= 11 is 0. The Morgan fingerprint density at radius 1 is 1.38 bits per heavy atom. The Morgan fingerprint density at radius 2 is 2.12 bits per heavy atom. The van der Waals surface area contributed by atoms with Crippen molar-refractivity contribution in [3.05, 3.63) is 0 Å². The van der Waals surface area contributed by atoms with Crippen LogP contribution in [0.15, 0.2) is 0 Å². The molecule has 0 saturated carbocycles. The van der Waals surface area contributed by atoms with E-state index in [9.17, 15) is 4.79 Å². The quantitative estimate of drug-likeness (QED) is 0.460. The molecule has 0 heterocycles. The first-order valence-corrected chi connectivity index (χ1v) is 5.80. The van der Waals surface area contributed by atoms with Crippen molar-refractivity contribution >= 4 is 5.91 Å². The molecular formula is C11H24N2O3. The van der Waals surface area contributed by atoms with Gasteiger partial charge in [-0.05, 0) is 32.7 Å². The highest BCUT2D eigenvalue weighted by molar-refractivity contribution is 5.78. The van der Waals surface area contributed by atoms with E-state index in [4.69, 9.17) is 9.84 Å². The fourth-order valence-corrected chi connectivity index (χ4v) is 1.36. The minimum absolute atomic E-state index is 0.00768. The third kappa shape index (κ3) is 9.89. The van der Waals surface area contributed by atoms with Gasteiger partial charge >= 0.3 is 0 Å². The van der Waals surface area contributed by atoms with Crippen LogP contribution in [0.2, 0.25) is 0 Å². The van der Waals surface area contributed by atoms with Crippen LogP contribution < -0.4 is 10.6 Å². The third-order valence-corrected chi connectivity index (χ3v) is 2.12. The summed E-state index contributed by atoms with van der Waals surface area (Å²) < 4.78 is 4.92. The molecule has 16 heavy (non-hydrogen) atoms. The van der Waals surface area contributed by atoms with Gasteiger partial charge in [-0.3, -0.25) is 4.79 Å². The van der Waals surface area contributed by atoms with E-state index >= 15 is 0 Å². The molecule has 0 aromatic carbocycles. The molecule has 5 nitrogen and oxygen atoms in total. The highest BCUT2D eigenvalue weighted by Crippen LogP contribution is 1.91. The van der Waals surface area contributed by atoms with Crippen LogP contribution in [0.5, 0.6) is 0 Å². The normalized spacial score (nSPS) is 12.4. The smallest absolute Gasteiger partial charge is 0.234 e. The van der Waals surface area contributed by atoms with Crippen molar-refractivity contribution in [3.8, 4) is 0 Å². The lowest BCUT2D eigenvalue weighted by Gasteiger charge is -2.12. The average molecular weight is 232 g/mol. The van der Waals surface area contributed by atoms with Gasteiger partial charge in [-0.25, -0.2) is 0 Å². The molecule has 0 aliphatic rings. The first kappa shape index (κ1) is 15.3. The van der Waals surface area contributed by atoms with E-state index in [1.807, 2.05) is 6.92 Å². The molecule has 0 aliphatic heterocycles. The van der Waals surface area contributed by atoms with Crippen LogP contribution in [-0.2, 0) is 9.53 Å². The zero-order valence-electron chi connectivity index (χ0n) is 10.3. The van der Waals surface area contributed by atoms with Gasteiger partial charge in [-0.1, -0.05) is 0 Å². The van der Waals surface area contributed by atoms with Crippen LogP contribution in [0.4, 0.5) is 0 Å². The summed E-state index contributed by atoms with van der Waals surface area (Å²) in [6.45, 7) is 3.83. The van der Waals surface area contributed by atoms with Crippen molar-refractivity contribution in [1.82, 2.24) is 10.6 Å². The number of methoxy groups -OCH3 is 1. The summed E-state index contributed by atoms with van der Waals surface area (Å²) in [6.07, 6.45) is 2.81. The molecule has 1 amide bonds. The van der Waals surface area contributed by atoms with Gasteiger partial charge in [0.15, 0.2) is 0 Å². The van der Waals surface area contributed by atoms with Gasteiger partial charge in [0.1, 0.15) is 0 Å². The van der Waals surface area contributed by atoms with E-state index < -0.39 is 0 Å². The van der Waals surface area contributed by atoms with E-state index in [0.717, 1.165) is 25.8 Å². The van der Waals surface area contributed by atoms with Gasteiger partial charge in [0.25, 0.3) is 0 Å². The van der Waals surface area contributed by atoms with Gasteiger partial charge in [-0.2, -0.15) is 0 Å².